The molecule has 0 N–H and O–H groups in total. The number of Topliss-reactive ketones (excluding diaryl/α,β-unsaturated/α-hetero) is 1. The van der Waals surface area contributed by atoms with Gasteiger partial charge < -0.3 is 4.74 Å². The van der Waals surface area contributed by atoms with Gasteiger partial charge in [-0.05, 0) is 12.1 Å². The van der Waals surface area contributed by atoms with E-state index in [1.54, 1.807) is 0 Å². The fourth-order valence-electron chi connectivity index (χ4n) is 1.29. The van der Waals surface area contributed by atoms with Crippen LogP contribution in [0.2, 0.25) is 0 Å². The zero-order valence-corrected chi connectivity index (χ0v) is 9.43. The average molecular weight is 249 g/mol. The predicted octanol–water partition coefficient (Wildman–Crippen LogP) is 3.44. The van der Waals surface area contributed by atoms with E-state index in [0.717, 1.165) is 0 Å². The number of rotatable bonds is 5. The Morgan fingerprint density at radius 1 is 1.50 bits per heavy atom. The average Bonchev–Trinajstić information content (AvgIpc) is 2.28. The number of alkyl halides is 3. The van der Waals surface area contributed by atoms with Crippen LogP contribution in [0.15, 0.2) is 18.2 Å². The van der Waals surface area contributed by atoms with E-state index < -0.39 is 6.43 Å². The molecule has 0 atom stereocenters. The predicted molar refractivity (Wildman–Crippen MR) is 57.6 cm³/mol. The molecule has 1 aromatic rings. The maximum atomic E-state index is 12.4. The van der Waals surface area contributed by atoms with Gasteiger partial charge in [0, 0.05) is 17.9 Å². The first-order chi connectivity index (χ1) is 7.60. The van der Waals surface area contributed by atoms with Crippen molar-refractivity contribution in [3.63, 3.8) is 0 Å². The van der Waals surface area contributed by atoms with Crippen LogP contribution in [0.25, 0.3) is 0 Å². The molecule has 88 valence electrons. The van der Waals surface area contributed by atoms with Crippen molar-refractivity contribution in [2.75, 3.05) is 13.0 Å². The van der Waals surface area contributed by atoms with Gasteiger partial charge >= 0.3 is 0 Å². The van der Waals surface area contributed by atoms with Gasteiger partial charge in [-0.1, -0.05) is 6.07 Å². The fraction of sp³-hybridized carbons (Fsp3) is 0.364. The summed E-state index contributed by atoms with van der Waals surface area (Å²) in [6, 6.07) is 3.73. The molecule has 0 amide bonds. The van der Waals surface area contributed by atoms with Crippen molar-refractivity contribution in [2.24, 2.45) is 0 Å². The Kier molecular flexibility index (Phi) is 4.68. The van der Waals surface area contributed by atoms with Crippen molar-refractivity contribution in [1.29, 1.82) is 0 Å². The summed E-state index contributed by atoms with van der Waals surface area (Å²) >= 11 is 5.44. The van der Waals surface area contributed by atoms with Crippen molar-refractivity contribution in [3.05, 3.63) is 29.3 Å². The van der Waals surface area contributed by atoms with E-state index in [4.69, 9.17) is 16.3 Å². The summed E-state index contributed by atoms with van der Waals surface area (Å²) in [7, 11) is 1.34. The Morgan fingerprint density at radius 2 is 2.19 bits per heavy atom. The standard InChI is InChI=1S/C11H11ClF2O2/c1-16-10-6-7(11(13)14)2-3-8(10)9(15)4-5-12/h2-3,6,11H,4-5H2,1H3. The normalized spacial score (nSPS) is 10.6. The second-order valence-electron chi connectivity index (χ2n) is 3.12. The molecule has 0 fully saturated rings. The van der Waals surface area contributed by atoms with E-state index in [0.29, 0.717) is 0 Å². The zero-order chi connectivity index (χ0) is 12.1. The molecule has 0 radical (unpaired) electrons. The van der Waals surface area contributed by atoms with Crippen LogP contribution in [-0.2, 0) is 0 Å². The van der Waals surface area contributed by atoms with E-state index in [1.165, 1.54) is 25.3 Å². The van der Waals surface area contributed by atoms with Crippen molar-refractivity contribution in [2.45, 2.75) is 12.8 Å². The molecule has 0 aliphatic heterocycles. The van der Waals surface area contributed by atoms with Gasteiger partial charge in [0.25, 0.3) is 6.43 Å². The van der Waals surface area contributed by atoms with Crippen molar-refractivity contribution in [3.8, 4) is 5.75 Å². The third kappa shape index (κ3) is 2.92. The SMILES string of the molecule is COc1cc(C(F)F)ccc1C(=O)CCCl. The molecule has 0 bridgehead atoms. The van der Waals surface area contributed by atoms with Crippen molar-refractivity contribution >= 4 is 17.4 Å². The first-order valence-corrected chi connectivity index (χ1v) is 5.18. The molecule has 0 spiro atoms. The molecular weight excluding hydrogens is 238 g/mol. The number of hydrogen-bond acceptors (Lipinski definition) is 2. The van der Waals surface area contributed by atoms with Gasteiger partial charge in [-0.25, -0.2) is 8.78 Å². The molecule has 0 saturated heterocycles. The molecule has 2 nitrogen and oxygen atoms in total. The maximum absolute atomic E-state index is 12.4. The second-order valence-corrected chi connectivity index (χ2v) is 3.50. The lowest BCUT2D eigenvalue weighted by Crippen LogP contribution is -2.03. The number of carbonyl (C=O) groups excluding carboxylic acids is 1. The summed E-state index contributed by atoms with van der Waals surface area (Å²) in [4.78, 5) is 11.6. The van der Waals surface area contributed by atoms with E-state index in [9.17, 15) is 13.6 Å². The lowest BCUT2D eigenvalue weighted by atomic mass is 10.1. The number of benzene rings is 1. The van der Waals surface area contributed by atoms with Crippen LogP contribution in [0, 0.1) is 0 Å². The molecule has 0 aliphatic carbocycles. The molecule has 5 heteroatoms. The minimum Gasteiger partial charge on any atom is -0.496 e. The number of carbonyl (C=O) groups is 1. The third-order valence-corrected chi connectivity index (χ3v) is 2.29. The Bertz CT molecular complexity index is 380. The largest absolute Gasteiger partial charge is 0.496 e. The molecule has 0 unspecified atom stereocenters. The van der Waals surface area contributed by atoms with Gasteiger partial charge in [0.2, 0.25) is 0 Å². The highest BCUT2D eigenvalue weighted by molar-refractivity contribution is 6.19. The summed E-state index contributed by atoms with van der Waals surface area (Å²) in [6.45, 7) is 0. The van der Waals surface area contributed by atoms with E-state index >= 15 is 0 Å². The summed E-state index contributed by atoms with van der Waals surface area (Å²) in [6.07, 6.45) is -2.42. The van der Waals surface area contributed by atoms with Crippen LogP contribution in [-0.4, -0.2) is 18.8 Å². The van der Waals surface area contributed by atoms with Gasteiger partial charge in [0.1, 0.15) is 5.75 Å². The van der Waals surface area contributed by atoms with Crippen LogP contribution in [0.5, 0.6) is 5.75 Å². The Balaban J connectivity index is 3.06. The summed E-state index contributed by atoms with van der Waals surface area (Å²) in [5.41, 5.74) is 0.117. The van der Waals surface area contributed by atoms with E-state index in [-0.39, 0.29) is 35.0 Å². The highest BCUT2D eigenvalue weighted by Crippen LogP contribution is 2.27. The number of hydrogen-bond donors (Lipinski definition) is 0. The fourth-order valence-corrected chi connectivity index (χ4v) is 1.47. The van der Waals surface area contributed by atoms with E-state index in [2.05, 4.69) is 0 Å². The maximum Gasteiger partial charge on any atom is 0.263 e. The molecule has 0 saturated carbocycles. The smallest absolute Gasteiger partial charge is 0.263 e. The van der Waals surface area contributed by atoms with Crippen LogP contribution in [0.3, 0.4) is 0 Å². The highest BCUT2D eigenvalue weighted by Gasteiger charge is 2.15. The van der Waals surface area contributed by atoms with Crippen LogP contribution < -0.4 is 4.74 Å². The van der Waals surface area contributed by atoms with Gasteiger partial charge in [-0.15, -0.1) is 11.6 Å². The summed E-state index contributed by atoms with van der Waals surface area (Å²) in [5.74, 6) is 0.138. The number of methoxy groups -OCH3 is 1. The first-order valence-electron chi connectivity index (χ1n) is 4.65. The van der Waals surface area contributed by atoms with E-state index in [1.807, 2.05) is 0 Å². The number of ketones is 1. The topological polar surface area (TPSA) is 26.3 Å². The minimum atomic E-state index is -2.58. The molecule has 0 aromatic heterocycles. The Labute approximate surface area is 97.2 Å². The third-order valence-electron chi connectivity index (χ3n) is 2.10. The van der Waals surface area contributed by atoms with Gasteiger partial charge in [-0.3, -0.25) is 4.79 Å². The van der Waals surface area contributed by atoms with Gasteiger partial charge in [-0.2, -0.15) is 0 Å². The van der Waals surface area contributed by atoms with Crippen LogP contribution in [0.4, 0.5) is 8.78 Å². The Hall–Kier alpha value is -1.16. The molecule has 1 rings (SSSR count). The zero-order valence-electron chi connectivity index (χ0n) is 8.67. The molecular formula is C11H11ClF2O2. The lowest BCUT2D eigenvalue weighted by Gasteiger charge is -2.09. The van der Waals surface area contributed by atoms with Crippen molar-refractivity contribution in [1.82, 2.24) is 0 Å². The quantitative estimate of drug-likeness (QED) is 0.589. The van der Waals surface area contributed by atoms with Crippen LogP contribution in [0.1, 0.15) is 28.8 Å². The van der Waals surface area contributed by atoms with Gasteiger partial charge in [0.05, 0.1) is 12.7 Å². The molecule has 0 aliphatic rings. The summed E-state index contributed by atoms with van der Waals surface area (Å²) < 4.78 is 29.7. The van der Waals surface area contributed by atoms with Gasteiger partial charge in [0.15, 0.2) is 5.78 Å². The number of ether oxygens (including phenoxy) is 1. The Morgan fingerprint density at radius 3 is 2.69 bits per heavy atom. The second kappa shape index (κ2) is 5.80. The minimum absolute atomic E-state index is 0.159. The molecule has 1 aromatic carbocycles. The van der Waals surface area contributed by atoms with Crippen molar-refractivity contribution < 1.29 is 18.3 Å². The molecule has 16 heavy (non-hydrogen) atoms. The number of halogens is 3. The lowest BCUT2D eigenvalue weighted by molar-refractivity contribution is 0.0985. The van der Waals surface area contributed by atoms with Crippen LogP contribution >= 0.6 is 11.6 Å². The molecule has 0 heterocycles. The highest BCUT2D eigenvalue weighted by atomic mass is 35.5. The first kappa shape index (κ1) is 12.9. The summed E-state index contributed by atoms with van der Waals surface area (Å²) in [5, 5.41) is 0. The monoisotopic (exact) mass is 248 g/mol.